The number of benzene rings is 1. The number of aromatic nitrogens is 2. The molecule has 0 bridgehead atoms. The van der Waals surface area contributed by atoms with Gasteiger partial charge in [-0.2, -0.15) is 5.10 Å². The van der Waals surface area contributed by atoms with Crippen molar-refractivity contribution in [2.24, 2.45) is 12.8 Å². The van der Waals surface area contributed by atoms with Gasteiger partial charge in [0, 0.05) is 24.8 Å². The van der Waals surface area contributed by atoms with Crippen LogP contribution >= 0.6 is 0 Å². The zero-order valence-electron chi connectivity index (χ0n) is 9.17. The van der Waals surface area contributed by atoms with Crippen LogP contribution in [-0.4, -0.2) is 14.9 Å². The van der Waals surface area contributed by atoms with E-state index in [4.69, 9.17) is 10.8 Å². The number of phenolic OH excluding ortho intramolecular Hbond substituents is 1. The molecule has 2 rings (SSSR count). The third-order valence-corrected chi connectivity index (χ3v) is 2.54. The summed E-state index contributed by atoms with van der Waals surface area (Å²) in [6.45, 7) is 0. The fourth-order valence-corrected chi connectivity index (χ4v) is 1.64. The summed E-state index contributed by atoms with van der Waals surface area (Å²) in [7, 11) is 1.87. The van der Waals surface area contributed by atoms with Gasteiger partial charge < -0.3 is 10.8 Å². The van der Waals surface area contributed by atoms with Crippen LogP contribution in [0.15, 0.2) is 36.7 Å². The van der Waals surface area contributed by atoms with Crippen LogP contribution in [0, 0.1) is 0 Å². The molecule has 0 radical (unpaired) electrons. The fourth-order valence-electron chi connectivity index (χ4n) is 1.64. The first-order valence-corrected chi connectivity index (χ1v) is 5.17. The Morgan fingerprint density at radius 2 is 2.06 bits per heavy atom. The molecule has 16 heavy (non-hydrogen) atoms. The smallest absolute Gasteiger partial charge is 0.115 e. The number of aryl methyl sites for hydroxylation is 1. The highest BCUT2D eigenvalue weighted by Gasteiger charge is 2.08. The third-order valence-electron chi connectivity index (χ3n) is 2.54. The van der Waals surface area contributed by atoms with Crippen LogP contribution in [0.3, 0.4) is 0 Å². The predicted octanol–water partition coefficient (Wildman–Crippen LogP) is 1.37. The molecule has 84 valence electrons. The Hall–Kier alpha value is -1.81. The van der Waals surface area contributed by atoms with Crippen LogP contribution < -0.4 is 5.73 Å². The van der Waals surface area contributed by atoms with E-state index >= 15 is 0 Å². The molecule has 2 aromatic rings. The summed E-state index contributed by atoms with van der Waals surface area (Å²) in [6, 6.07) is 7.05. The van der Waals surface area contributed by atoms with Crippen molar-refractivity contribution in [3.8, 4) is 5.75 Å². The first-order valence-electron chi connectivity index (χ1n) is 5.17. The Kier molecular flexibility index (Phi) is 2.92. The molecule has 1 unspecified atom stereocenters. The summed E-state index contributed by atoms with van der Waals surface area (Å²) in [6.07, 6.45) is 4.45. The van der Waals surface area contributed by atoms with E-state index in [1.807, 2.05) is 25.4 Å². The van der Waals surface area contributed by atoms with Crippen molar-refractivity contribution in [1.29, 1.82) is 0 Å². The van der Waals surface area contributed by atoms with Gasteiger partial charge in [-0.15, -0.1) is 0 Å². The summed E-state index contributed by atoms with van der Waals surface area (Å²) in [5.41, 5.74) is 8.19. The van der Waals surface area contributed by atoms with Crippen LogP contribution in [0.5, 0.6) is 5.75 Å². The fraction of sp³-hybridized carbons (Fsp3) is 0.250. The molecule has 4 nitrogen and oxygen atoms in total. The van der Waals surface area contributed by atoms with E-state index in [-0.39, 0.29) is 11.8 Å². The zero-order chi connectivity index (χ0) is 11.5. The quantitative estimate of drug-likeness (QED) is 0.816. The lowest BCUT2D eigenvalue weighted by Gasteiger charge is -2.09. The van der Waals surface area contributed by atoms with Gasteiger partial charge in [0.15, 0.2) is 0 Å². The van der Waals surface area contributed by atoms with Gasteiger partial charge in [0.2, 0.25) is 0 Å². The normalized spacial score (nSPS) is 12.6. The van der Waals surface area contributed by atoms with E-state index < -0.39 is 0 Å². The van der Waals surface area contributed by atoms with Gasteiger partial charge in [-0.05, 0) is 24.1 Å². The molecule has 1 aromatic heterocycles. The van der Waals surface area contributed by atoms with Crippen molar-refractivity contribution in [1.82, 2.24) is 9.78 Å². The van der Waals surface area contributed by atoms with E-state index in [1.165, 1.54) is 0 Å². The van der Waals surface area contributed by atoms with E-state index in [0.717, 1.165) is 17.5 Å². The maximum Gasteiger partial charge on any atom is 0.115 e. The van der Waals surface area contributed by atoms with Gasteiger partial charge in [0.25, 0.3) is 0 Å². The van der Waals surface area contributed by atoms with Crippen LogP contribution in [0.25, 0.3) is 0 Å². The Bertz CT molecular complexity index is 461. The van der Waals surface area contributed by atoms with E-state index in [2.05, 4.69) is 5.10 Å². The number of phenols is 1. The molecule has 0 saturated heterocycles. The molecule has 1 aromatic carbocycles. The molecule has 0 amide bonds. The Labute approximate surface area is 94.3 Å². The van der Waals surface area contributed by atoms with Crippen molar-refractivity contribution in [2.75, 3.05) is 0 Å². The van der Waals surface area contributed by atoms with Crippen molar-refractivity contribution in [3.05, 3.63) is 47.8 Å². The standard InChI is InChI=1S/C12H15N3O/c1-15-8-10(7-14-15)12(13)6-9-2-4-11(16)5-3-9/h2-5,7-8,12,16H,6,13H2,1H3. The van der Waals surface area contributed by atoms with Gasteiger partial charge in [-0.1, -0.05) is 12.1 Å². The van der Waals surface area contributed by atoms with Crippen molar-refractivity contribution < 1.29 is 5.11 Å². The van der Waals surface area contributed by atoms with Gasteiger partial charge in [-0.25, -0.2) is 0 Å². The van der Waals surface area contributed by atoms with E-state index in [0.29, 0.717) is 0 Å². The predicted molar refractivity (Wildman–Crippen MR) is 61.9 cm³/mol. The Balaban J connectivity index is 2.07. The van der Waals surface area contributed by atoms with Crippen LogP contribution in [0.2, 0.25) is 0 Å². The maximum atomic E-state index is 9.17. The van der Waals surface area contributed by atoms with Crippen LogP contribution in [-0.2, 0) is 13.5 Å². The minimum atomic E-state index is -0.0572. The second kappa shape index (κ2) is 4.37. The summed E-state index contributed by atoms with van der Waals surface area (Å²) >= 11 is 0. The van der Waals surface area contributed by atoms with Gasteiger partial charge >= 0.3 is 0 Å². The number of nitrogens with zero attached hydrogens (tertiary/aromatic N) is 2. The summed E-state index contributed by atoms with van der Waals surface area (Å²) in [5.74, 6) is 0.277. The van der Waals surface area contributed by atoms with Gasteiger partial charge in [0.1, 0.15) is 5.75 Å². The first-order chi connectivity index (χ1) is 7.65. The monoisotopic (exact) mass is 217 g/mol. The molecule has 0 aliphatic rings. The minimum Gasteiger partial charge on any atom is -0.508 e. The molecule has 0 saturated carbocycles. The summed E-state index contributed by atoms with van der Waals surface area (Å²) < 4.78 is 1.74. The minimum absolute atomic E-state index is 0.0572. The molecular formula is C12H15N3O. The zero-order valence-corrected chi connectivity index (χ0v) is 9.17. The molecule has 3 N–H and O–H groups in total. The summed E-state index contributed by atoms with van der Waals surface area (Å²) in [4.78, 5) is 0. The highest BCUT2D eigenvalue weighted by atomic mass is 16.3. The van der Waals surface area contributed by atoms with Crippen molar-refractivity contribution in [3.63, 3.8) is 0 Å². The number of hydrogen-bond acceptors (Lipinski definition) is 3. The second-order valence-electron chi connectivity index (χ2n) is 3.92. The van der Waals surface area contributed by atoms with Crippen molar-refractivity contribution >= 4 is 0 Å². The van der Waals surface area contributed by atoms with Crippen LogP contribution in [0.4, 0.5) is 0 Å². The molecular weight excluding hydrogens is 202 g/mol. The number of aromatic hydroxyl groups is 1. The van der Waals surface area contributed by atoms with Crippen molar-refractivity contribution in [2.45, 2.75) is 12.5 Å². The lowest BCUT2D eigenvalue weighted by atomic mass is 10.0. The van der Waals surface area contributed by atoms with E-state index in [9.17, 15) is 0 Å². The average Bonchev–Trinajstić information content (AvgIpc) is 2.68. The Morgan fingerprint density at radius 3 is 2.62 bits per heavy atom. The maximum absolute atomic E-state index is 9.17. The van der Waals surface area contributed by atoms with E-state index in [1.54, 1.807) is 23.0 Å². The third kappa shape index (κ3) is 2.41. The average molecular weight is 217 g/mol. The van der Waals surface area contributed by atoms with Crippen LogP contribution in [0.1, 0.15) is 17.2 Å². The lowest BCUT2D eigenvalue weighted by molar-refractivity contribution is 0.475. The molecule has 0 aliphatic heterocycles. The number of nitrogens with two attached hydrogens (primary N) is 1. The Morgan fingerprint density at radius 1 is 1.38 bits per heavy atom. The molecule has 0 fully saturated rings. The number of rotatable bonds is 3. The number of hydrogen-bond donors (Lipinski definition) is 2. The molecule has 0 aliphatic carbocycles. The molecule has 1 atom stereocenters. The highest BCUT2D eigenvalue weighted by Crippen LogP contribution is 2.17. The molecule has 0 spiro atoms. The molecule has 1 heterocycles. The van der Waals surface area contributed by atoms with Gasteiger partial charge in [0.05, 0.1) is 6.20 Å². The largest absolute Gasteiger partial charge is 0.508 e. The highest BCUT2D eigenvalue weighted by molar-refractivity contribution is 5.27. The lowest BCUT2D eigenvalue weighted by Crippen LogP contribution is -2.12. The SMILES string of the molecule is Cn1cc(C(N)Cc2ccc(O)cc2)cn1. The summed E-state index contributed by atoms with van der Waals surface area (Å²) in [5, 5.41) is 13.3. The topological polar surface area (TPSA) is 64.1 Å². The van der Waals surface area contributed by atoms with Gasteiger partial charge in [-0.3, -0.25) is 4.68 Å². The second-order valence-corrected chi connectivity index (χ2v) is 3.92. The first kappa shape index (κ1) is 10.7. The molecule has 4 heteroatoms.